The van der Waals surface area contributed by atoms with Gasteiger partial charge in [0.15, 0.2) is 0 Å². The van der Waals surface area contributed by atoms with Gasteiger partial charge in [0.05, 0.1) is 19.3 Å². The van der Waals surface area contributed by atoms with Crippen LogP contribution in [0.4, 0.5) is 0 Å². The SMILES string of the molecule is COC(=O)CCC(C)[C@H]1CC[C@H]2[C@@H]3C(O)C[C@@H]4CC(O)CCC4(C)C3CCC12C. The zero-order valence-electron chi connectivity index (χ0n) is 18.9. The molecule has 0 bridgehead atoms. The molecule has 4 rings (SSSR count). The van der Waals surface area contributed by atoms with Gasteiger partial charge >= 0.3 is 5.97 Å². The highest BCUT2D eigenvalue weighted by Gasteiger charge is 2.62. The molecular weight excluding hydrogens is 364 g/mol. The number of carbonyl (C=O) groups excluding carboxylic acids is 1. The third kappa shape index (κ3) is 3.46. The van der Waals surface area contributed by atoms with Crippen LogP contribution in [0.2, 0.25) is 0 Å². The van der Waals surface area contributed by atoms with Gasteiger partial charge in [-0.3, -0.25) is 4.79 Å². The third-order valence-electron chi connectivity index (χ3n) is 10.4. The second kappa shape index (κ2) is 7.82. The van der Waals surface area contributed by atoms with Crippen LogP contribution in [0.5, 0.6) is 0 Å². The normalized spacial score (nSPS) is 50.2. The number of hydrogen-bond acceptors (Lipinski definition) is 4. The summed E-state index contributed by atoms with van der Waals surface area (Å²) in [5.74, 6) is 3.17. The Balaban J connectivity index is 1.53. The van der Waals surface area contributed by atoms with Crippen molar-refractivity contribution in [3.63, 3.8) is 0 Å². The maximum atomic E-state index is 11.6. The molecule has 2 N–H and O–H groups in total. The molecule has 0 aromatic rings. The number of fused-ring (bicyclic) bond motifs is 5. The molecule has 4 aliphatic carbocycles. The average Bonchev–Trinajstić information content (AvgIpc) is 3.04. The lowest BCUT2D eigenvalue weighted by Crippen LogP contribution is -2.58. The molecule has 29 heavy (non-hydrogen) atoms. The molecule has 0 aliphatic heterocycles. The van der Waals surface area contributed by atoms with Crippen LogP contribution in [0.3, 0.4) is 0 Å². The molecule has 0 aromatic heterocycles. The summed E-state index contributed by atoms with van der Waals surface area (Å²) < 4.78 is 4.86. The summed E-state index contributed by atoms with van der Waals surface area (Å²) in [6.45, 7) is 7.29. The lowest BCUT2D eigenvalue weighted by molar-refractivity contribution is -0.174. The Morgan fingerprint density at radius 1 is 1.03 bits per heavy atom. The molecule has 4 aliphatic rings. The maximum absolute atomic E-state index is 11.6. The van der Waals surface area contributed by atoms with E-state index in [9.17, 15) is 15.0 Å². The zero-order valence-corrected chi connectivity index (χ0v) is 18.9. The van der Waals surface area contributed by atoms with Gasteiger partial charge in [-0.2, -0.15) is 0 Å². The minimum atomic E-state index is -0.211. The smallest absolute Gasteiger partial charge is 0.305 e. The zero-order chi connectivity index (χ0) is 21.0. The number of ether oxygens (including phenoxy) is 1. The van der Waals surface area contributed by atoms with Crippen molar-refractivity contribution in [2.45, 2.75) is 97.2 Å². The van der Waals surface area contributed by atoms with Crippen molar-refractivity contribution in [2.75, 3.05) is 7.11 Å². The largest absolute Gasteiger partial charge is 0.469 e. The van der Waals surface area contributed by atoms with Crippen LogP contribution < -0.4 is 0 Å². The van der Waals surface area contributed by atoms with Crippen LogP contribution in [0.15, 0.2) is 0 Å². The van der Waals surface area contributed by atoms with E-state index >= 15 is 0 Å². The number of methoxy groups -OCH3 is 1. The number of esters is 1. The lowest BCUT2D eigenvalue weighted by Gasteiger charge is -2.62. The van der Waals surface area contributed by atoms with Crippen LogP contribution in [0, 0.1) is 46.3 Å². The molecule has 4 fully saturated rings. The Bertz CT molecular complexity index is 620. The highest BCUT2D eigenvalue weighted by molar-refractivity contribution is 5.69. The molecule has 4 saturated carbocycles. The molecular formula is C25H42O4. The van der Waals surface area contributed by atoms with E-state index in [1.807, 2.05) is 0 Å². The molecule has 0 spiro atoms. The molecule has 4 heteroatoms. The number of hydrogen-bond donors (Lipinski definition) is 2. The van der Waals surface area contributed by atoms with E-state index in [4.69, 9.17) is 4.74 Å². The summed E-state index contributed by atoms with van der Waals surface area (Å²) in [4.78, 5) is 11.6. The van der Waals surface area contributed by atoms with Gasteiger partial charge < -0.3 is 14.9 Å². The van der Waals surface area contributed by atoms with Gasteiger partial charge in [0, 0.05) is 6.42 Å². The van der Waals surface area contributed by atoms with Crippen LogP contribution in [0.1, 0.15) is 85.0 Å². The molecule has 6 unspecified atom stereocenters. The standard InChI is InChI=1S/C25H42O4/c1-15(5-8-22(28)29-4)18-6-7-19-23-20(10-12-25(18,19)3)24(2)11-9-17(26)13-16(24)14-21(23)27/h15-21,23,26-27H,5-14H2,1-4H3/t15?,16-,17?,18+,19-,20?,21?,23-,24?,25?/m0/s1. The van der Waals surface area contributed by atoms with E-state index in [-0.39, 0.29) is 23.6 Å². The first-order valence-corrected chi connectivity index (χ1v) is 12.1. The van der Waals surface area contributed by atoms with Crippen LogP contribution in [-0.2, 0) is 9.53 Å². The number of aliphatic hydroxyl groups excluding tert-OH is 2. The fourth-order valence-electron chi connectivity index (χ4n) is 8.82. The highest BCUT2D eigenvalue weighted by Crippen LogP contribution is 2.68. The van der Waals surface area contributed by atoms with Gasteiger partial charge in [0.1, 0.15) is 0 Å². The maximum Gasteiger partial charge on any atom is 0.305 e. The Morgan fingerprint density at radius 2 is 1.72 bits per heavy atom. The quantitative estimate of drug-likeness (QED) is 0.671. The molecule has 0 radical (unpaired) electrons. The van der Waals surface area contributed by atoms with Gasteiger partial charge in [0.25, 0.3) is 0 Å². The van der Waals surface area contributed by atoms with Gasteiger partial charge in [-0.25, -0.2) is 0 Å². The summed E-state index contributed by atoms with van der Waals surface area (Å²) >= 11 is 0. The molecule has 0 aromatic carbocycles. The van der Waals surface area contributed by atoms with Gasteiger partial charge in [-0.15, -0.1) is 0 Å². The van der Waals surface area contributed by atoms with E-state index < -0.39 is 0 Å². The van der Waals surface area contributed by atoms with Gasteiger partial charge in [-0.1, -0.05) is 20.8 Å². The summed E-state index contributed by atoms with van der Waals surface area (Å²) in [6, 6.07) is 0. The Morgan fingerprint density at radius 3 is 2.45 bits per heavy atom. The second-order valence-electron chi connectivity index (χ2n) is 11.5. The topological polar surface area (TPSA) is 66.8 Å². The first kappa shape index (κ1) is 21.6. The second-order valence-corrected chi connectivity index (χ2v) is 11.5. The highest BCUT2D eigenvalue weighted by atomic mass is 16.5. The molecule has 10 atom stereocenters. The summed E-state index contributed by atoms with van der Waals surface area (Å²) in [5.41, 5.74) is 0.577. The van der Waals surface area contributed by atoms with Crippen molar-refractivity contribution in [3.8, 4) is 0 Å². The first-order chi connectivity index (χ1) is 13.7. The van der Waals surface area contributed by atoms with Gasteiger partial charge in [0.2, 0.25) is 0 Å². The van der Waals surface area contributed by atoms with Crippen molar-refractivity contribution < 1.29 is 19.7 Å². The van der Waals surface area contributed by atoms with E-state index in [0.717, 1.165) is 32.1 Å². The number of carbonyl (C=O) groups is 1. The van der Waals surface area contributed by atoms with Crippen molar-refractivity contribution in [1.82, 2.24) is 0 Å². The Labute approximate surface area is 176 Å². The molecule has 4 nitrogen and oxygen atoms in total. The molecule has 0 amide bonds. The van der Waals surface area contributed by atoms with Gasteiger partial charge in [-0.05, 0) is 104 Å². The summed E-state index contributed by atoms with van der Waals surface area (Å²) in [6.07, 6.45) is 9.80. The number of aliphatic hydroxyl groups is 2. The lowest BCUT2D eigenvalue weighted by atomic mass is 9.43. The fraction of sp³-hybridized carbons (Fsp3) is 0.960. The summed E-state index contributed by atoms with van der Waals surface area (Å²) in [5, 5.41) is 21.5. The van der Waals surface area contributed by atoms with E-state index in [0.29, 0.717) is 47.3 Å². The Hall–Kier alpha value is -0.610. The van der Waals surface area contributed by atoms with Crippen molar-refractivity contribution >= 4 is 5.97 Å². The third-order valence-corrected chi connectivity index (χ3v) is 10.4. The first-order valence-electron chi connectivity index (χ1n) is 12.1. The predicted molar refractivity (Wildman–Crippen MR) is 113 cm³/mol. The average molecular weight is 407 g/mol. The molecule has 166 valence electrons. The van der Waals surface area contributed by atoms with E-state index in [1.54, 1.807) is 0 Å². The molecule has 0 heterocycles. The Kier molecular flexibility index (Phi) is 5.83. The van der Waals surface area contributed by atoms with E-state index in [2.05, 4.69) is 20.8 Å². The minimum Gasteiger partial charge on any atom is -0.469 e. The van der Waals surface area contributed by atoms with Crippen LogP contribution in [0.25, 0.3) is 0 Å². The minimum absolute atomic E-state index is 0.0959. The number of rotatable bonds is 4. The molecule has 0 saturated heterocycles. The predicted octanol–water partition coefficient (Wildman–Crippen LogP) is 4.57. The van der Waals surface area contributed by atoms with Crippen LogP contribution >= 0.6 is 0 Å². The fourth-order valence-corrected chi connectivity index (χ4v) is 8.82. The van der Waals surface area contributed by atoms with Crippen molar-refractivity contribution in [1.29, 1.82) is 0 Å². The van der Waals surface area contributed by atoms with Crippen molar-refractivity contribution in [2.24, 2.45) is 46.3 Å². The monoisotopic (exact) mass is 406 g/mol. The summed E-state index contributed by atoms with van der Waals surface area (Å²) in [7, 11) is 1.48. The van der Waals surface area contributed by atoms with Crippen molar-refractivity contribution in [3.05, 3.63) is 0 Å². The van der Waals surface area contributed by atoms with E-state index in [1.165, 1.54) is 32.8 Å². The van der Waals surface area contributed by atoms with Crippen LogP contribution in [-0.4, -0.2) is 35.5 Å².